The first-order valence-electron chi connectivity index (χ1n) is 2.88. The molecule has 0 unspecified atom stereocenters. The molecule has 0 aliphatic carbocycles. The number of carboxylic acids is 1. The van der Waals surface area contributed by atoms with E-state index in [4.69, 9.17) is 44.6 Å². The number of carbonyl (C=O) groups is 1. The van der Waals surface area contributed by atoms with Gasteiger partial charge in [0.1, 0.15) is 0 Å². The molecule has 0 aromatic carbocycles. The predicted molar refractivity (Wildman–Crippen MR) is 55.1 cm³/mol. The number of ether oxygens (including phenoxy) is 1. The van der Waals surface area contributed by atoms with Gasteiger partial charge in [0.25, 0.3) is 0 Å². The molecule has 1 N–H and O–H groups in total. The van der Waals surface area contributed by atoms with Gasteiger partial charge in [0.2, 0.25) is 3.79 Å². The Morgan fingerprint density at radius 2 is 1.92 bits per heavy atom. The zero-order valence-corrected chi connectivity index (χ0v) is 9.51. The number of aliphatic carboxylic acids is 1. The molecule has 0 rings (SSSR count). The Kier molecular flexibility index (Phi) is 8.18. The maximum atomic E-state index is 10.2. The highest BCUT2D eigenvalue weighted by Gasteiger charge is 2.20. The van der Waals surface area contributed by atoms with Gasteiger partial charge in [0.05, 0.1) is 18.8 Å². The third kappa shape index (κ3) is 10.2. The van der Waals surface area contributed by atoms with Crippen molar-refractivity contribution in [2.45, 2.75) is 3.79 Å². The maximum absolute atomic E-state index is 10.2. The van der Waals surface area contributed by atoms with Crippen LogP contribution < -0.4 is 0 Å². The van der Waals surface area contributed by atoms with Crippen molar-refractivity contribution in [2.24, 2.45) is 0 Å². The first-order valence-corrected chi connectivity index (χ1v) is 4.02. The first kappa shape index (κ1) is 15.8. The van der Waals surface area contributed by atoms with Gasteiger partial charge in [-0.05, 0) is 0 Å². The van der Waals surface area contributed by atoms with Crippen molar-refractivity contribution in [3.05, 3.63) is 12.2 Å². The SMILES string of the molecule is C=C(COCC(Cl)(Cl)Cl)C(=O)O.Cl. The number of rotatable bonds is 4. The lowest BCUT2D eigenvalue weighted by atomic mass is 10.3. The van der Waals surface area contributed by atoms with Gasteiger partial charge in [-0.15, -0.1) is 12.4 Å². The summed E-state index contributed by atoms with van der Waals surface area (Å²) in [4.78, 5) is 10.2. The van der Waals surface area contributed by atoms with Gasteiger partial charge < -0.3 is 9.84 Å². The number of hydrogen-bond donors (Lipinski definition) is 1. The van der Waals surface area contributed by atoms with Crippen molar-refractivity contribution in [1.82, 2.24) is 0 Å². The van der Waals surface area contributed by atoms with E-state index in [0.29, 0.717) is 0 Å². The smallest absolute Gasteiger partial charge is 0.333 e. The zero-order chi connectivity index (χ0) is 9.78. The van der Waals surface area contributed by atoms with Crippen LogP contribution in [-0.4, -0.2) is 28.1 Å². The highest BCUT2D eigenvalue weighted by atomic mass is 35.6. The lowest BCUT2D eigenvalue weighted by Gasteiger charge is -2.10. The number of halogens is 4. The second kappa shape index (κ2) is 6.74. The van der Waals surface area contributed by atoms with Crippen molar-refractivity contribution < 1.29 is 14.6 Å². The minimum absolute atomic E-state index is 0. The minimum atomic E-state index is -1.52. The van der Waals surface area contributed by atoms with Crippen LogP contribution >= 0.6 is 47.2 Å². The molecule has 3 nitrogen and oxygen atoms in total. The molecule has 0 saturated carbocycles. The van der Waals surface area contributed by atoms with Crippen LogP contribution in [0.25, 0.3) is 0 Å². The molecular formula is C6H8Cl4O3. The first-order chi connectivity index (χ1) is 5.33. The zero-order valence-electron chi connectivity index (χ0n) is 6.43. The lowest BCUT2D eigenvalue weighted by Crippen LogP contribution is -2.16. The van der Waals surface area contributed by atoms with E-state index in [1.165, 1.54) is 0 Å². The Morgan fingerprint density at radius 3 is 2.23 bits per heavy atom. The van der Waals surface area contributed by atoms with E-state index >= 15 is 0 Å². The van der Waals surface area contributed by atoms with Gasteiger partial charge in [0, 0.05) is 0 Å². The van der Waals surface area contributed by atoms with E-state index in [1.54, 1.807) is 0 Å². The van der Waals surface area contributed by atoms with Gasteiger partial charge in [-0.2, -0.15) is 0 Å². The normalized spacial score (nSPS) is 10.4. The predicted octanol–water partition coefficient (Wildman–Crippen LogP) is 2.44. The largest absolute Gasteiger partial charge is 0.478 e. The van der Waals surface area contributed by atoms with Crippen LogP contribution in [-0.2, 0) is 9.53 Å². The van der Waals surface area contributed by atoms with Gasteiger partial charge in [-0.3, -0.25) is 0 Å². The van der Waals surface area contributed by atoms with E-state index in [0.717, 1.165) is 0 Å². The van der Waals surface area contributed by atoms with Crippen molar-refractivity contribution in [3.63, 3.8) is 0 Å². The lowest BCUT2D eigenvalue weighted by molar-refractivity contribution is -0.133. The van der Waals surface area contributed by atoms with Crippen LogP contribution in [0.1, 0.15) is 0 Å². The minimum Gasteiger partial charge on any atom is -0.478 e. The highest BCUT2D eigenvalue weighted by Crippen LogP contribution is 2.25. The summed E-state index contributed by atoms with van der Waals surface area (Å²) in [6, 6.07) is 0. The standard InChI is InChI=1S/C6H7Cl3O3.ClH/c1-4(5(10)11)2-12-3-6(7,8)9;/h1-3H2,(H,10,11);1H. The monoisotopic (exact) mass is 268 g/mol. The van der Waals surface area contributed by atoms with Crippen LogP contribution in [0.2, 0.25) is 0 Å². The van der Waals surface area contributed by atoms with Gasteiger partial charge in [-0.25, -0.2) is 4.79 Å². The maximum Gasteiger partial charge on any atom is 0.333 e. The topological polar surface area (TPSA) is 46.5 Å². The molecule has 0 spiro atoms. The Labute approximate surface area is 97.0 Å². The van der Waals surface area contributed by atoms with Crippen molar-refractivity contribution in [2.75, 3.05) is 13.2 Å². The molecule has 0 amide bonds. The van der Waals surface area contributed by atoms with E-state index in [-0.39, 0.29) is 31.2 Å². The molecule has 0 aliphatic rings. The molecule has 78 valence electrons. The molecule has 0 heterocycles. The van der Waals surface area contributed by atoms with Crippen molar-refractivity contribution in [1.29, 1.82) is 0 Å². The molecule has 0 aromatic rings. The Morgan fingerprint density at radius 1 is 1.46 bits per heavy atom. The van der Waals surface area contributed by atoms with E-state index in [9.17, 15) is 4.79 Å². The average Bonchev–Trinajstić information content (AvgIpc) is 1.84. The van der Waals surface area contributed by atoms with Crippen LogP contribution in [0.4, 0.5) is 0 Å². The summed E-state index contributed by atoms with van der Waals surface area (Å²) in [5.41, 5.74) is -0.0794. The molecule has 0 aliphatic heterocycles. The highest BCUT2D eigenvalue weighted by molar-refractivity contribution is 6.67. The third-order valence-electron chi connectivity index (χ3n) is 0.844. The number of hydrogen-bond acceptors (Lipinski definition) is 2. The van der Waals surface area contributed by atoms with E-state index in [2.05, 4.69) is 6.58 Å². The molecule has 0 fully saturated rings. The molecule has 0 saturated heterocycles. The van der Waals surface area contributed by atoms with Gasteiger partial charge in [0.15, 0.2) is 0 Å². The quantitative estimate of drug-likeness (QED) is 0.630. The van der Waals surface area contributed by atoms with Crippen molar-refractivity contribution in [3.8, 4) is 0 Å². The summed E-state index contributed by atoms with van der Waals surface area (Å²) in [7, 11) is 0. The van der Waals surface area contributed by atoms with Gasteiger partial charge in [-0.1, -0.05) is 41.4 Å². The van der Waals surface area contributed by atoms with Crippen LogP contribution in [0.15, 0.2) is 12.2 Å². The molecule has 13 heavy (non-hydrogen) atoms. The Hall–Kier alpha value is 0.330. The van der Waals surface area contributed by atoms with Crippen LogP contribution in [0.5, 0.6) is 0 Å². The number of carboxylic acid groups (broad SMARTS) is 1. The summed E-state index contributed by atoms with van der Waals surface area (Å²) >= 11 is 16.0. The fourth-order valence-corrected chi connectivity index (χ4v) is 0.583. The molecular weight excluding hydrogens is 262 g/mol. The summed E-state index contributed by atoms with van der Waals surface area (Å²) in [6.07, 6.45) is 0. The fourth-order valence-electron chi connectivity index (χ4n) is 0.352. The van der Waals surface area contributed by atoms with Crippen LogP contribution in [0.3, 0.4) is 0 Å². The van der Waals surface area contributed by atoms with Crippen molar-refractivity contribution >= 4 is 53.2 Å². The summed E-state index contributed by atoms with van der Waals surface area (Å²) in [5.74, 6) is -1.13. The average molecular weight is 270 g/mol. The van der Waals surface area contributed by atoms with E-state index in [1.807, 2.05) is 0 Å². The van der Waals surface area contributed by atoms with Crippen LogP contribution in [0, 0.1) is 0 Å². The van der Waals surface area contributed by atoms with Gasteiger partial charge >= 0.3 is 5.97 Å². The molecule has 0 radical (unpaired) electrons. The summed E-state index contributed by atoms with van der Waals surface area (Å²) in [5, 5.41) is 8.33. The molecule has 0 bridgehead atoms. The third-order valence-corrected chi connectivity index (χ3v) is 1.17. The summed E-state index contributed by atoms with van der Waals surface area (Å²) in [6.45, 7) is 2.91. The molecule has 0 atom stereocenters. The molecule has 7 heteroatoms. The second-order valence-electron chi connectivity index (χ2n) is 2.02. The Balaban J connectivity index is 0. The number of alkyl halides is 3. The Bertz CT molecular complexity index is 187. The second-order valence-corrected chi connectivity index (χ2v) is 4.53. The fraction of sp³-hybridized carbons (Fsp3) is 0.500. The summed E-state index contributed by atoms with van der Waals surface area (Å²) < 4.78 is 3.23. The van der Waals surface area contributed by atoms with E-state index < -0.39 is 9.76 Å². The molecule has 0 aromatic heterocycles.